The van der Waals surface area contributed by atoms with Crippen LogP contribution in [0.4, 0.5) is 5.69 Å². The molecule has 1 aromatic rings. The van der Waals surface area contributed by atoms with E-state index in [1.807, 2.05) is 9.80 Å². The molecule has 5 rings (SSSR count). The van der Waals surface area contributed by atoms with Crippen molar-refractivity contribution < 1.29 is 9.59 Å². The molecular weight excluding hydrogens is 464 g/mol. The lowest BCUT2D eigenvalue weighted by molar-refractivity contribution is -0.155. The third-order valence-electron chi connectivity index (χ3n) is 8.70. The summed E-state index contributed by atoms with van der Waals surface area (Å²) in [6, 6.07) is 6.79. The average molecular weight is 509 g/mol. The van der Waals surface area contributed by atoms with E-state index < -0.39 is 0 Å². The van der Waals surface area contributed by atoms with Crippen LogP contribution in [0.5, 0.6) is 0 Å². The lowest BCUT2D eigenvalue weighted by atomic mass is 9.80. The molecule has 1 saturated carbocycles. The molecule has 8 heteroatoms. The minimum Gasteiger partial charge on any atom is -0.368 e. The van der Waals surface area contributed by atoms with Crippen molar-refractivity contribution in [1.29, 1.82) is 0 Å². The molecule has 2 saturated heterocycles. The van der Waals surface area contributed by atoms with Crippen LogP contribution in [0.15, 0.2) is 23.3 Å². The first kappa shape index (κ1) is 25.9. The van der Waals surface area contributed by atoms with Crippen LogP contribution in [0, 0.1) is 25.7 Å². The number of amides is 2. The zero-order valence-electron chi connectivity index (χ0n) is 23.1. The molecule has 3 aliphatic heterocycles. The second-order valence-electron chi connectivity index (χ2n) is 11.8. The Labute approximate surface area is 222 Å². The average Bonchev–Trinajstić information content (AvgIpc) is 3.32. The number of nitrogens with zero attached hydrogens (tertiary/aromatic N) is 5. The van der Waals surface area contributed by atoms with Gasteiger partial charge >= 0.3 is 0 Å². The second-order valence-corrected chi connectivity index (χ2v) is 11.8. The molecule has 1 N–H and O–H groups in total. The normalized spacial score (nSPS) is 25.7. The number of hydrazone groups is 1. The van der Waals surface area contributed by atoms with Crippen LogP contribution in [0.2, 0.25) is 0 Å². The fourth-order valence-corrected chi connectivity index (χ4v) is 6.50. The van der Waals surface area contributed by atoms with E-state index in [0.717, 1.165) is 70.7 Å². The van der Waals surface area contributed by atoms with Crippen LogP contribution in [-0.4, -0.2) is 77.4 Å². The number of carbonyl (C=O) groups excluding carboxylic acids is 2. The summed E-state index contributed by atoms with van der Waals surface area (Å²) < 4.78 is 0. The first-order chi connectivity index (χ1) is 17.8. The number of fused-ring (bicyclic) bond motifs is 3. The monoisotopic (exact) mass is 508 g/mol. The Morgan fingerprint density at radius 2 is 1.86 bits per heavy atom. The molecule has 3 heterocycles. The molecule has 3 atom stereocenters. The maximum absolute atomic E-state index is 13.4. The fourth-order valence-electron chi connectivity index (χ4n) is 6.50. The summed E-state index contributed by atoms with van der Waals surface area (Å²) in [4.78, 5) is 35.4. The molecule has 8 nitrogen and oxygen atoms in total. The van der Waals surface area contributed by atoms with Gasteiger partial charge in [0.2, 0.25) is 11.8 Å². The SMILES string of the molecule is Cc1ccc(C)c(N2CCN(C(=O)CCC3=NNC4N(CCC(C)C)C(=O)C5CCCCC5N34)CC2)c1. The van der Waals surface area contributed by atoms with Crippen molar-refractivity contribution in [2.24, 2.45) is 16.9 Å². The Balaban J connectivity index is 1.19. The van der Waals surface area contributed by atoms with Gasteiger partial charge in [-0.15, -0.1) is 0 Å². The first-order valence-corrected chi connectivity index (χ1v) is 14.3. The topological polar surface area (TPSA) is 71.5 Å². The lowest BCUT2D eigenvalue weighted by Crippen LogP contribution is -2.67. The van der Waals surface area contributed by atoms with E-state index in [0.29, 0.717) is 18.8 Å². The smallest absolute Gasteiger partial charge is 0.230 e. The molecule has 3 fully saturated rings. The van der Waals surface area contributed by atoms with Crippen molar-refractivity contribution in [2.75, 3.05) is 37.6 Å². The van der Waals surface area contributed by atoms with Crippen LogP contribution >= 0.6 is 0 Å². The van der Waals surface area contributed by atoms with Gasteiger partial charge in [0.15, 0.2) is 6.29 Å². The molecule has 202 valence electrons. The molecule has 0 aromatic heterocycles. The molecule has 1 aliphatic carbocycles. The van der Waals surface area contributed by atoms with Gasteiger partial charge in [0, 0.05) is 57.3 Å². The standard InChI is InChI=1S/C29H44N6O2/c1-20(2)13-14-34-28(37)23-7-5-6-8-24(23)35-26(30-31-29(34)35)11-12-27(36)33-17-15-32(16-18-33)25-19-21(3)9-10-22(25)4/h9-10,19-20,23-24,29,31H,5-8,11-18H2,1-4H3. The first-order valence-electron chi connectivity index (χ1n) is 14.3. The number of benzene rings is 1. The number of rotatable bonds is 7. The molecule has 37 heavy (non-hydrogen) atoms. The van der Waals surface area contributed by atoms with Crippen molar-refractivity contribution >= 4 is 23.3 Å². The number of hydrogen-bond donors (Lipinski definition) is 1. The highest BCUT2D eigenvalue weighted by Gasteiger charge is 2.50. The predicted octanol–water partition coefficient (Wildman–Crippen LogP) is 3.68. The maximum Gasteiger partial charge on any atom is 0.230 e. The van der Waals surface area contributed by atoms with Gasteiger partial charge in [-0.05, 0) is 56.2 Å². The third kappa shape index (κ3) is 5.30. The van der Waals surface area contributed by atoms with Gasteiger partial charge in [-0.2, -0.15) is 5.10 Å². The van der Waals surface area contributed by atoms with Crippen molar-refractivity contribution in [3.8, 4) is 0 Å². The summed E-state index contributed by atoms with van der Waals surface area (Å²) in [6.07, 6.45) is 6.13. The highest BCUT2D eigenvalue weighted by molar-refractivity contribution is 5.91. The summed E-state index contributed by atoms with van der Waals surface area (Å²) >= 11 is 0. The van der Waals surface area contributed by atoms with Crippen molar-refractivity contribution in [3.63, 3.8) is 0 Å². The second kappa shape index (κ2) is 10.9. The summed E-state index contributed by atoms with van der Waals surface area (Å²) in [7, 11) is 0. The van der Waals surface area contributed by atoms with Crippen LogP contribution in [0.25, 0.3) is 0 Å². The highest BCUT2D eigenvalue weighted by atomic mass is 16.2. The van der Waals surface area contributed by atoms with E-state index >= 15 is 0 Å². The van der Waals surface area contributed by atoms with Crippen LogP contribution < -0.4 is 10.3 Å². The Hall–Kier alpha value is -2.77. The van der Waals surface area contributed by atoms with Crippen LogP contribution in [-0.2, 0) is 9.59 Å². The number of amidine groups is 1. The summed E-state index contributed by atoms with van der Waals surface area (Å²) in [5.41, 5.74) is 7.11. The van der Waals surface area contributed by atoms with Gasteiger partial charge < -0.3 is 19.6 Å². The molecule has 0 radical (unpaired) electrons. The van der Waals surface area contributed by atoms with E-state index in [-0.39, 0.29) is 30.1 Å². The van der Waals surface area contributed by atoms with Crippen LogP contribution in [0.1, 0.15) is 69.9 Å². The zero-order valence-corrected chi connectivity index (χ0v) is 23.1. The van der Waals surface area contributed by atoms with Gasteiger partial charge in [-0.3, -0.25) is 15.0 Å². The number of carbonyl (C=O) groups is 2. The van der Waals surface area contributed by atoms with E-state index in [1.54, 1.807) is 0 Å². The zero-order chi connectivity index (χ0) is 26.1. The minimum atomic E-state index is -0.197. The van der Waals surface area contributed by atoms with E-state index in [4.69, 9.17) is 0 Å². The molecular formula is C29H44N6O2. The van der Waals surface area contributed by atoms with E-state index in [1.165, 1.54) is 16.8 Å². The van der Waals surface area contributed by atoms with Crippen LogP contribution in [0.3, 0.4) is 0 Å². The quantitative estimate of drug-likeness (QED) is 0.608. The summed E-state index contributed by atoms with van der Waals surface area (Å²) in [6.45, 7) is 12.7. The Kier molecular flexibility index (Phi) is 7.63. The maximum atomic E-state index is 13.4. The van der Waals surface area contributed by atoms with Crippen molar-refractivity contribution in [1.82, 2.24) is 20.1 Å². The van der Waals surface area contributed by atoms with Crippen molar-refractivity contribution in [2.45, 2.75) is 85.0 Å². The molecule has 0 spiro atoms. The molecule has 0 bridgehead atoms. The Bertz CT molecular complexity index is 1030. The van der Waals surface area contributed by atoms with Gasteiger partial charge in [0.05, 0.1) is 5.92 Å². The van der Waals surface area contributed by atoms with E-state index in [2.05, 4.69) is 66.2 Å². The molecule has 1 aromatic carbocycles. The van der Waals surface area contributed by atoms with E-state index in [9.17, 15) is 9.59 Å². The number of piperazine rings is 1. The summed E-state index contributed by atoms with van der Waals surface area (Å²) in [5, 5.41) is 4.69. The Morgan fingerprint density at radius 1 is 1.11 bits per heavy atom. The molecule has 3 unspecified atom stereocenters. The van der Waals surface area contributed by atoms with Gasteiger partial charge in [0.25, 0.3) is 0 Å². The molecule has 2 amide bonds. The fraction of sp³-hybridized carbons (Fsp3) is 0.690. The number of aryl methyl sites for hydroxylation is 2. The number of hydrogen-bond acceptors (Lipinski definition) is 6. The lowest BCUT2D eigenvalue weighted by Gasteiger charge is -2.50. The minimum absolute atomic E-state index is 0.0520. The Morgan fingerprint density at radius 3 is 2.62 bits per heavy atom. The highest BCUT2D eigenvalue weighted by Crippen LogP contribution is 2.38. The summed E-state index contributed by atoms with van der Waals surface area (Å²) in [5.74, 6) is 2.03. The third-order valence-corrected chi connectivity index (χ3v) is 8.70. The van der Waals surface area contributed by atoms with Gasteiger partial charge in [-0.25, -0.2) is 0 Å². The number of nitrogens with one attached hydrogen (secondary N) is 1. The predicted molar refractivity (Wildman–Crippen MR) is 147 cm³/mol. The largest absolute Gasteiger partial charge is 0.368 e. The van der Waals surface area contributed by atoms with Crippen molar-refractivity contribution in [3.05, 3.63) is 29.3 Å². The van der Waals surface area contributed by atoms with Gasteiger partial charge in [0.1, 0.15) is 5.84 Å². The van der Waals surface area contributed by atoms with Gasteiger partial charge in [-0.1, -0.05) is 38.8 Å². The molecule has 4 aliphatic rings. The number of anilines is 1.